The van der Waals surface area contributed by atoms with Gasteiger partial charge in [-0.1, -0.05) is 20.3 Å². The summed E-state index contributed by atoms with van der Waals surface area (Å²) >= 11 is 1.35. The second kappa shape index (κ2) is 6.56. The van der Waals surface area contributed by atoms with Gasteiger partial charge in [0.2, 0.25) is 5.91 Å². The number of anilines is 1. The predicted octanol–water partition coefficient (Wildman–Crippen LogP) is 3.01. The number of carbonyl (C=O) groups excluding carboxylic acids is 2. The van der Waals surface area contributed by atoms with Gasteiger partial charge in [-0.05, 0) is 25.2 Å². The van der Waals surface area contributed by atoms with Gasteiger partial charge in [-0.3, -0.25) is 9.59 Å². The molecule has 1 amide bonds. The van der Waals surface area contributed by atoms with Crippen molar-refractivity contribution in [2.24, 2.45) is 11.3 Å². The molecular weight excluding hydrogens is 288 g/mol. The van der Waals surface area contributed by atoms with E-state index in [0.717, 1.165) is 19.3 Å². The molecule has 0 bridgehead atoms. The smallest absolute Gasteiger partial charge is 0.311 e. The van der Waals surface area contributed by atoms with Crippen molar-refractivity contribution < 1.29 is 14.3 Å². The highest BCUT2D eigenvalue weighted by molar-refractivity contribution is 7.13. The average molecular weight is 310 g/mol. The fourth-order valence-electron chi connectivity index (χ4n) is 2.81. The lowest BCUT2D eigenvalue weighted by Gasteiger charge is -2.25. The molecule has 0 saturated heterocycles. The minimum absolute atomic E-state index is 0.0366. The lowest BCUT2D eigenvalue weighted by Crippen LogP contribution is -2.30. The van der Waals surface area contributed by atoms with Crippen LogP contribution in [0.15, 0.2) is 5.38 Å². The third-order valence-corrected chi connectivity index (χ3v) is 4.79. The zero-order chi connectivity index (χ0) is 15.5. The molecule has 0 radical (unpaired) electrons. The Morgan fingerprint density at radius 1 is 1.52 bits per heavy atom. The van der Waals surface area contributed by atoms with E-state index in [0.29, 0.717) is 17.4 Å². The lowest BCUT2D eigenvalue weighted by atomic mass is 9.81. The highest BCUT2D eigenvalue weighted by atomic mass is 32.1. The Kier molecular flexibility index (Phi) is 4.98. The first-order valence-corrected chi connectivity index (χ1v) is 8.21. The van der Waals surface area contributed by atoms with E-state index in [1.54, 1.807) is 12.3 Å². The van der Waals surface area contributed by atoms with Gasteiger partial charge < -0.3 is 10.1 Å². The minimum Gasteiger partial charge on any atom is -0.466 e. The van der Waals surface area contributed by atoms with Gasteiger partial charge in [-0.15, -0.1) is 11.3 Å². The van der Waals surface area contributed by atoms with Crippen molar-refractivity contribution in [1.29, 1.82) is 0 Å². The quantitative estimate of drug-likeness (QED) is 0.849. The SMILES string of the molecule is CCOC(=O)Cc1csc(NC(=O)C2CCCC2(C)C)n1. The predicted molar refractivity (Wildman–Crippen MR) is 82.2 cm³/mol. The molecule has 0 aromatic carbocycles. The Balaban J connectivity index is 1.93. The monoisotopic (exact) mass is 310 g/mol. The van der Waals surface area contributed by atoms with Crippen molar-refractivity contribution in [3.63, 3.8) is 0 Å². The van der Waals surface area contributed by atoms with E-state index in [1.807, 2.05) is 0 Å². The molecule has 116 valence electrons. The minimum atomic E-state index is -0.294. The molecule has 0 spiro atoms. The number of nitrogens with one attached hydrogen (secondary N) is 1. The van der Waals surface area contributed by atoms with Crippen LogP contribution in [0.1, 0.15) is 45.7 Å². The van der Waals surface area contributed by atoms with Gasteiger partial charge in [0.25, 0.3) is 0 Å². The highest BCUT2D eigenvalue weighted by Crippen LogP contribution is 2.43. The zero-order valence-corrected chi connectivity index (χ0v) is 13.6. The summed E-state index contributed by atoms with van der Waals surface area (Å²) in [6.45, 7) is 6.41. The number of hydrogen-bond acceptors (Lipinski definition) is 5. The van der Waals surface area contributed by atoms with Gasteiger partial charge in [-0.2, -0.15) is 0 Å². The topological polar surface area (TPSA) is 68.3 Å². The van der Waals surface area contributed by atoms with Crippen LogP contribution in [0.2, 0.25) is 0 Å². The van der Waals surface area contributed by atoms with E-state index in [4.69, 9.17) is 4.74 Å². The summed E-state index contributed by atoms with van der Waals surface area (Å²) in [7, 11) is 0. The molecule has 2 rings (SSSR count). The van der Waals surface area contributed by atoms with Crippen molar-refractivity contribution in [3.05, 3.63) is 11.1 Å². The Morgan fingerprint density at radius 3 is 2.90 bits per heavy atom. The van der Waals surface area contributed by atoms with E-state index in [1.165, 1.54) is 11.3 Å². The first kappa shape index (κ1) is 15.9. The molecule has 1 aromatic rings. The summed E-state index contributed by atoms with van der Waals surface area (Å²) in [5.74, 6) is -0.220. The van der Waals surface area contributed by atoms with E-state index in [2.05, 4.69) is 24.1 Å². The number of aromatic nitrogens is 1. The number of amides is 1. The van der Waals surface area contributed by atoms with E-state index >= 15 is 0 Å². The molecular formula is C15H22N2O3S. The summed E-state index contributed by atoms with van der Waals surface area (Å²) in [4.78, 5) is 28.0. The summed E-state index contributed by atoms with van der Waals surface area (Å²) in [5.41, 5.74) is 0.689. The van der Waals surface area contributed by atoms with Crippen LogP contribution >= 0.6 is 11.3 Å². The molecule has 1 saturated carbocycles. The normalized spacial score (nSPS) is 20.2. The average Bonchev–Trinajstić information content (AvgIpc) is 2.95. The highest BCUT2D eigenvalue weighted by Gasteiger charge is 2.39. The molecule has 1 aliphatic rings. The molecule has 21 heavy (non-hydrogen) atoms. The Morgan fingerprint density at radius 2 is 2.29 bits per heavy atom. The lowest BCUT2D eigenvalue weighted by molar-refractivity contribution is -0.142. The third kappa shape index (κ3) is 4.03. The van der Waals surface area contributed by atoms with Gasteiger partial charge in [-0.25, -0.2) is 4.98 Å². The van der Waals surface area contributed by atoms with E-state index in [-0.39, 0.29) is 29.6 Å². The zero-order valence-electron chi connectivity index (χ0n) is 12.8. The molecule has 1 N–H and O–H groups in total. The maximum Gasteiger partial charge on any atom is 0.311 e. The van der Waals surface area contributed by atoms with Crippen LogP contribution in [0, 0.1) is 11.3 Å². The van der Waals surface area contributed by atoms with Crippen LogP contribution in [0.25, 0.3) is 0 Å². The fraction of sp³-hybridized carbons (Fsp3) is 0.667. The van der Waals surface area contributed by atoms with Crippen molar-refractivity contribution in [2.75, 3.05) is 11.9 Å². The Labute approximate surface area is 129 Å². The number of thiazole rings is 1. The Hall–Kier alpha value is -1.43. The summed E-state index contributed by atoms with van der Waals surface area (Å²) in [5, 5.41) is 5.22. The first-order valence-electron chi connectivity index (χ1n) is 7.33. The van der Waals surface area contributed by atoms with Crippen LogP contribution < -0.4 is 5.32 Å². The van der Waals surface area contributed by atoms with E-state index < -0.39 is 0 Å². The van der Waals surface area contributed by atoms with Crippen molar-refractivity contribution in [3.8, 4) is 0 Å². The summed E-state index contributed by atoms with van der Waals surface area (Å²) < 4.78 is 4.88. The maximum atomic E-state index is 12.3. The van der Waals surface area contributed by atoms with Gasteiger partial charge in [0.15, 0.2) is 5.13 Å². The number of esters is 1. The number of hydrogen-bond donors (Lipinski definition) is 1. The van der Waals surface area contributed by atoms with Crippen LogP contribution in [-0.4, -0.2) is 23.5 Å². The van der Waals surface area contributed by atoms with E-state index in [9.17, 15) is 9.59 Å². The molecule has 1 aliphatic carbocycles. The maximum absolute atomic E-state index is 12.3. The molecule has 0 aliphatic heterocycles. The Bertz CT molecular complexity index is 525. The van der Waals surface area contributed by atoms with Crippen molar-refractivity contribution >= 4 is 28.3 Å². The molecule has 6 heteroatoms. The van der Waals surface area contributed by atoms with Gasteiger partial charge in [0, 0.05) is 11.3 Å². The second-order valence-electron chi connectivity index (χ2n) is 6.05. The van der Waals surface area contributed by atoms with Crippen LogP contribution in [0.5, 0.6) is 0 Å². The van der Waals surface area contributed by atoms with Crippen LogP contribution in [0.3, 0.4) is 0 Å². The number of ether oxygens (including phenoxy) is 1. The summed E-state index contributed by atoms with van der Waals surface area (Å²) in [6, 6.07) is 0. The number of nitrogens with zero attached hydrogens (tertiary/aromatic N) is 1. The third-order valence-electron chi connectivity index (χ3n) is 3.99. The standard InChI is InChI=1S/C15H22N2O3S/c1-4-20-12(18)8-10-9-21-14(16-10)17-13(19)11-6-5-7-15(11,2)3/h9,11H,4-8H2,1-3H3,(H,16,17,19). The molecule has 5 nitrogen and oxygen atoms in total. The molecule has 1 heterocycles. The fourth-order valence-corrected chi connectivity index (χ4v) is 3.52. The number of carbonyl (C=O) groups is 2. The van der Waals surface area contributed by atoms with Crippen LogP contribution in [0.4, 0.5) is 5.13 Å². The molecule has 1 aromatic heterocycles. The van der Waals surface area contributed by atoms with Gasteiger partial charge in [0.05, 0.1) is 18.7 Å². The first-order chi connectivity index (χ1) is 9.92. The van der Waals surface area contributed by atoms with Crippen LogP contribution in [-0.2, 0) is 20.7 Å². The summed E-state index contributed by atoms with van der Waals surface area (Å²) in [6.07, 6.45) is 3.25. The van der Waals surface area contributed by atoms with Crippen molar-refractivity contribution in [2.45, 2.75) is 46.5 Å². The van der Waals surface area contributed by atoms with Crippen molar-refractivity contribution in [1.82, 2.24) is 4.98 Å². The second-order valence-corrected chi connectivity index (χ2v) is 6.91. The molecule has 1 atom stereocenters. The van der Waals surface area contributed by atoms with Gasteiger partial charge >= 0.3 is 5.97 Å². The number of rotatable bonds is 5. The molecule has 1 fully saturated rings. The largest absolute Gasteiger partial charge is 0.466 e. The molecule has 1 unspecified atom stereocenters. The van der Waals surface area contributed by atoms with Gasteiger partial charge in [0.1, 0.15) is 0 Å².